The fraction of sp³-hybridized carbons (Fsp3) is 0.333. The van der Waals surface area contributed by atoms with E-state index in [1.54, 1.807) is 24.5 Å². The third kappa shape index (κ3) is 7.07. The van der Waals surface area contributed by atoms with Crippen molar-refractivity contribution in [1.29, 1.82) is 0 Å². The average molecular weight is 594 g/mol. The molecule has 5 atom stereocenters. The Morgan fingerprint density at radius 2 is 1.75 bits per heavy atom. The summed E-state index contributed by atoms with van der Waals surface area (Å²) in [5.74, 6) is -0.0684. The smallest absolute Gasteiger partial charge is 0.253 e. The van der Waals surface area contributed by atoms with E-state index in [1.165, 1.54) is 0 Å². The highest BCUT2D eigenvalue weighted by molar-refractivity contribution is 5.93. The Bertz CT molecular complexity index is 1530. The molecule has 3 aromatic carbocycles. The normalized spacial score (nSPS) is 23.8. The van der Waals surface area contributed by atoms with E-state index >= 15 is 0 Å². The zero-order valence-corrected chi connectivity index (χ0v) is 24.9. The van der Waals surface area contributed by atoms with Gasteiger partial charge in [-0.2, -0.15) is 0 Å². The van der Waals surface area contributed by atoms with E-state index in [0.717, 1.165) is 52.9 Å². The molecule has 2 aliphatic rings. The highest BCUT2D eigenvalue weighted by atomic mass is 16.7. The molecule has 1 amide bonds. The molecule has 0 aliphatic carbocycles. The second-order valence-corrected chi connectivity index (χ2v) is 11.8. The summed E-state index contributed by atoms with van der Waals surface area (Å²) in [5, 5.41) is 22.6. The highest BCUT2D eigenvalue weighted by Crippen LogP contribution is 2.42. The van der Waals surface area contributed by atoms with Gasteiger partial charge in [-0.25, -0.2) is 0 Å². The van der Waals surface area contributed by atoms with E-state index in [-0.39, 0.29) is 36.7 Å². The Kier molecular flexibility index (Phi) is 9.45. The maximum Gasteiger partial charge on any atom is 0.253 e. The maximum absolute atomic E-state index is 12.5. The second-order valence-electron chi connectivity index (χ2n) is 11.8. The second kappa shape index (κ2) is 13.8. The number of β-amino-alcohol motifs (C(OH)–C–C–N with tert-alkyl or cyclic N) is 1. The van der Waals surface area contributed by atoms with Crippen molar-refractivity contribution in [2.24, 2.45) is 5.92 Å². The fourth-order valence-corrected chi connectivity index (χ4v) is 6.04. The summed E-state index contributed by atoms with van der Waals surface area (Å²) in [6.07, 6.45) is 2.89. The molecular formula is C36H39N3O5. The molecule has 3 N–H and O–H groups in total. The van der Waals surface area contributed by atoms with Crippen LogP contribution in [0.1, 0.15) is 58.4 Å². The highest BCUT2D eigenvalue weighted by Gasteiger charge is 2.39. The number of aliphatic hydroxyl groups excluding tert-OH is 2. The quantitative estimate of drug-likeness (QED) is 0.250. The van der Waals surface area contributed by atoms with E-state index < -0.39 is 6.29 Å². The molecule has 1 aromatic heterocycles. The predicted molar refractivity (Wildman–Crippen MR) is 167 cm³/mol. The largest absolute Gasteiger partial charge is 0.392 e. The van der Waals surface area contributed by atoms with Crippen LogP contribution in [0.5, 0.6) is 0 Å². The molecule has 0 spiro atoms. The van der Waals surface area contributed by atoms with Crippen LogP contribution >= 0.6 is 0 Å². The summed E-state index contributed by atoms with van der Waals surface area (Å²) in [7, 11) is 0. The van der Waals surface area contributed by atoms with Crippen LogP contribution in [0, 0.1) is 5.92 Å². The van der Waals surface area contributed by atoms with Crippen molar-refractivity contribution < 1.29 is 24.5 Å². The summed E-state index contributed by atoms with van der Waals surface area (Å²) in [6.45, 7) is 4.82. The lowest BCUT2D eigenvalue weighted by molar-refractivity contribution is -0.276. The number of amides is 1. The van der Waals surface area contributed by atoms with E-state index in [1.807, 2.05) is 36.4 Å². The van der Waals surface area contributed by atoms with Crippen LogP contribution in [0.4, 0.5) is 0 Å². The topological polar surface area (TPSA) is 104 Å². The van der Waals surface area contributed by atoms with Crippen molar-refractivity contribution >= 4 is 5.91 Å². The van der Waals surface area contributed by atoms with Crippen LogP contribution in [0.25, 0.3) is 11.1 Å². The SMILES string of the molecule is C[C@@H]1[C@H](CN2CC[C@H](O)C2)O[C@H](c2ccc(-c3cccc(CNC(=O)c4cccnc4)c3)cc2)O[C@@H]1c1ccc(CO)cc1. The molecule has 4 aromatic rings. The van der Waals surface area contributed by atoms with Gasteiger partial charge < -0.3 is 25.0 Å². The van der Waals surface area contributed by atoms with Crippen molar-refractivity contribution in [3.63, 3.8) is 0 Å². The molecule has 0 unspecified atom stereocenters. The molecule has 3 heterocycles. The number of hydrogen-bond donors (Lipinski definition) is 3. The number of carbonyl (C=O) groups excluding carboxylic acids is 1. The molecule has 2 aliphatic heterocycles. The van der Waals surface area contributed by atoms with Gasteiger partial charge in [-0.3, -0.25) is 14.7 Å². The van der Waals surface area contributed by atoms with E-state index in [0.29, 0.717) is 18.7 Å². The minimum Gasteiger partial charge on any atom is -0.392 e. The van der Waals surface area contributed by atoms with E-state index in [2.05, 4.69) is 58.5 Å². The molecule has 8 heteroatoms. The van der Waals surface area contributed by atoms with Gasteiger partial charge in [-0.05, 0) is 52.4 Å². The first-order valence-electron chi connectivity index (χ1n) is 15.3. The Morgan fingerprint density at radius 3 is 2.45 bits per heavy atom. The number of aliphatic hydroxyl groups is 2. The number of nitrogens with zero attached hydrogens (tertiary/aromatic N) is 2. The van der Waals surface area contributed by atoms with Gasteiger partial charge in [0.05, 0.1) is 30.5 Å². The summed E-state index contributed by atoms with van der Waals surface area (Å²) in [6, 6.07) is 27.8. The average Bonchev–Trinajstić information content (AvgIpc) is 3.49. The van der Waals surface area contributed by atoms with Gasteiger partial charge in [0, 0.05) is 50.1 Å². The lowest BCUT2D eigenvalue weighted by atomic mass is 9.90. The molecule has 228 valence electrons. The number of pyridine rings is 1. The lowest BCUT2D eigenvalue weighted by Crippen LogP contribution is -2.44. The zero-order chi connectivity index (χ0) is 30.5. The van der Waals surface area contributed by atoms with Crippen molar-refractivity contribution in [3.05, 3.63) is 125 Å². The van der Waals surface area contributed by atoms with Gasteiger partial charge in [0.15, 0.2) is 6.29 Å². The molecule has 6 rings (SSSR count). The number of aromatic nitrogens is 1. The molecule has 44 heavy (non-hydrogen) atoms. The van der Waals surface area contributed by atoms with Gasteiger partial charge in [0.25, 0.3) is 5.91 Å². The van der Waals surface area contributed by atoms with Gasteiger partial charge in [-0.1, -0.05) is 73.7 Å². The first-order valence-corrected chi connectivity index (χ1v) is 15.3. The molecular weight excluding hydrogens is 554 g/mol. The van der Waals surface area contributed by atoms with E-state index in [9.17, 15) is 15.0 Å². The van der Waals surface area contributed by atoms with Crippen LogP contribution in [0.3, 0.4) is 0 Å². The number of likely N-dealkylation sites (tertiary alicyclic amines) is 1. The zero-order valence-electron chi connectivity index (χ0n) is 24.9. The molecule has 0 bridgehead atoms. The minimum atomic E-state index is -0.547. The van der Waals surface area contributed by atoms with E-state index in [4.69, 9.17) is 9.47 Å². The van der Waals surface area contributed by atoms with Crippen LogP contribution in [-0.2, 0) is 22.6 Å². The monoisotopic (exact) mass is 593 g/mol. The number of hydrogen-bond acceptors (Lipinski definition) is 7. The minimum absolute atomic E-state index is 0.00228. The molecule has 2 fully saturated rings. The predicted octanol–water partition coefficient (Wildman–Crippen LogP) is 5.03. The van der Waals surface area contributed by atoms with Crippen molar-refractivity contribution in [2.75, 3.05) is 19.6 Å². The van der Waals surface area contributed by atoms with Crippen molar-refractivity contribution in [1.82, 2.24) is 15.2 Å². The van der Waals surface area contributed by atoms with Crippen molar-refractivity contribution in [3.8, 4) is 11.1 Å². The van der Waals surface area contributed by atoms with Gasteiger partial charge in [-0.15, -0.1) is 0 Å². The molecule has 0 radical (unpaired) electrons. The summed E-state index contributed by atoms with van der Waals surface area (Å²) in [5.41, 5.74) is 6.49. The lowest BCUT2D eigenvalue weighted by Gasteiger charge is -2.42. The van der Waals surface area contributed by atoms with Gasteiger partial charge in [0.1, 0.15) is 0 Å². The Hall–Kier alpha value is -3.92. The first kappa shape index (κ1) is 30.1. The molecule has 0 saturated carbocycles. The van der Waals surface area contributed by atoms with Crippen LogP contribution in [0.15, 0.2) is 97.3 Å². The number of carbonyl (C=O) groups is 1. The number of rotatable bonds is 9. The first-order chi connectivity index (χ1) is 21.5. The van der Waals surface area contributed by atoms with Crippen LogP contribution < -0.4 is 5.32 Å². The third-order valence-corrected chi connectivity index (χ3v) is 8.63. The summed E-state index contributed by atoms with van der Waals surface area (Å²) >= 11 is 0. The summed E-state index contributed by atoms with van der Waals surface area (Å²) in [4.78, 5) is 18.7. The number of benzene rings is 3. The molecule has 2 saturated heterocycles. The van der Waals surface area contributed by atoms with Gasteiger partial charge >= 0.3 is 0 Å². The third-order valence-electron chi connectivity index (χ3n) is 8.63. The standard InChI is InChI=1S/C36H39N3O5/c1-24-33(22-39-17-15-32(41)21-39)43-36(44-34(24)28-9-7-25(23-40)8-10-28)29-13-11-27(12-14-29)30-5-2-4-26(18-30)19-38-35(42)31-6-3-16-37-20-31/h2-14,16,18,20,24,32-34,36,40-41H,15,17,19,21-23H2,1H3,(H,38,42)/t24-,32+,33+,34+,36+/m1/s1. The fourth-order valence-electron chi connectivity index (χ4n) is 6.04. The number of nitrogens with one attached hydrogen (secondary N) is 1. The van der Waals surface area contributed by atoms with Gasteiger partial charge in [0.2, 0.25) is 0 Å². The van der Waals surface area contributed by atoms with Crippen LogP contribution in [0.2, 0.25) is 0 Å². The van der Waals surface area contributed by atoms with Crippen LogP contribution in [-0.4, -0.2) is 57.8 Å². The number of ether oxygens (including phenoxy) is 2. The molecule has 8 nitrogen and oxygen atoms in total. The Morgan fingerprint density at radius 1 is 0.955 bits per heavy atom. The Balaban J connectivity index is 1.17. The maximum atomic E-state index is 12.5. The van der Waals surface area contributed by atoms with Crippen molar-refractivity contribution in [2.45, 2.75) is 51.1 Å². The Labute approximate surface area is 258 Å². The summed E-state index contributed by atoms with van der Waals surface area (Å²) < 4.78 is 13.2.